The van der Waals surface area contributed by atoms with E-state index in [1.54, 1.807) is 0 Å². The maximum atomic E-state index is 11.7. The number of esters is 2. The molecule has 0 saturated carbocycles. The first-order chi connectivity index (χ1) is 10.1. The molecule has 0 fully saturated rings. The summed E-state index contributed by atoms with van der Waals surface area (Å²) in [6.07, 6.45) is 4.66. The lowest BCUT2D eigenvalue weighted by Crippen LogP contribution is -2.26. The second-order valence-electron chi connectivity index (χ2n) is 5.06. The zero-order valence-electron chi connectivity index (χ0n) is 13.1. The fourth-order valence-electron chi connectivity index (χ4n) is 2.19. The van der Waals surface area contributed by atoms with Crippen molar-refractivity contribution in [1.82, 2.24) is 0 Å². The summed E-state index contributed by atoms with van der Waals surface area (Å²) in [5.41, 5.74) is 0. The van der Waals surface area contributed by atoms with Crippen molar-refractivity contribution in [3.05, 3.63) is 0 Å². The van der Waals surface area contributed by atoms with Crippen molar-refractivity contribution in [3.63, 3.8) is 0 Å². The van der Waals surface area contributed by atoms with Gasteiger partial charge in [-0.2, -0.15) is 0 Å². The Morgan fingerprint density at radius 2 is 1.71 bits per heavy atom. The molecule has 0 rings (SSSR count). The van der Waals surface area contributed by atoms with Crippen LogP contribution in [-0.2, 0) is 28.6 Å². The molecule has 0 radical (unpaired) electrons. The van der Waals surface area contributed by atoms with Gasteiger partial charge in [-0.15, -0.1) is 0 Å². The van der Waals surface area contributed by atoms with E-state index in [0.29, 0.717) is 13.1 Å². The Labute approximate surface area is 126 Å². The van der Waals surface area contributed by atoms with Crippen molar-refractivity contribution in [2.45, 2.75) is 45.4 Å². The quantitative estimate of drug-likeness (QED) is 0.238. The van der Waals surface area contributed by atoms with Crippen molar-refractivity contribution in [1.29, 1.82) is 0 Å². The third-order valence-corrected chi connectivity index (χ3v) is 3.54. The van der Waals surface area contributed by atoms with Gasteiger partial charge in [0.05, 0.1) is 33.2 Å². The van der Waals surface area contributed by atoms with Gasteiger partial charge in [-0.25, -0.2) is 0 Å². The fourth-order valence-corrected chi connectivity index (χ4v) is 2.19. The van der Waals surface area contributed by atoms with E-state index in [9.17, 15) is 14.4 Å². The van der Waals surface area contributed by atoms with E-state index >= 15 is 0 Å². The van der Waals surface area contributed by atoms with Crippen molar-refractivity contribution in [2.75, 3.05) is 20.8 Å². The molecule has 0 aromatic heterocycles. The minimum atomic E-state index is -0.458. The van der Waals surface area contributed by atoms with E-state index < -0.39 is 11.9 Å². The second kappa shape index (κ2) is 12.2. The third kappa shape index (κ3) is 9.05. The van der Waals surface area contributed by atoms with Crippen LogP contribution in [0.2, 0.25) is 0 Å². The average molecular weight is 302 g/mol. The van der Waals surface area contributed by atoms with Crippen molar-refractivity contribution >= 4 is 18.4 Å². The number of ether oxygens (including phenoxy) is 3. The fraction of sp³-hybridized carbons (Fsp3) is 0.800. The SMILES string of the molecule is COC(=O)CC(C(=O)OC)C(C)CCCCCCOC=O. The average Bonchev–Trinajstić information content (AvgIpc) is 2.50. The summed E-state index contributed by atoms with van der Waals surface area (Å²) >= 11 is 0. The molecule has 0 aromatic rings. The largest absolute Gasteiger partial charge is 0.469 e. The lowest BCUT2D eigenvalue weighted by atomic mass is 9.87. The first-order valence-corrected chi connectivity index (χ1v) is 7.26. The van der Waals surface area contributed by atoms with Crippen molar-refractivity contribution < 1.29 is 28.6 Å². The monoisotopic (exact) mass is 302 g/mol. The van der Waals surface area contributed by atoms with Gasteiger partial charge in [-0.05, 0) is 18.8 Å². The first-order valence-electron chi connectivity index (χ1n) is 7.26. The van der Waals surface area contributed by atoms with Gasteiger partial charge in [0.25, 0.3) is 6.47 Å². The van der Waals surface area contributed by atoms with Crippen LogP contribution in [0.1, 0.15) is 45.4 Å². The summed E-state index contributed by atoms with van der Waals surface area (Å²) < 4.78 is 14.0. The Bertz CT molecular complexity index is 315. The highest BCUT2D eigenvalue weighted by Crippen LogP contribution is 2.23. The van der Waals surface area contributed by atoms with Crippen molar-refractivity contribution in [3.8, 4) is 0 Å². The Hall–Kier alpha value is -1.59. The zero-order valence-corrected chi connectivity index (χ0v) is 13.1. The Morgan fingerprint density at radius 1 is 1.05 bits per heavy atom. The highest BCUT2D eigenvalue weighted by molar-refractivity contribution is 5.80. The normalized spacial score (nSPS) is 13.1. The molecule has 0 amide bonds. The molecule has 0 heterocycles. The highest BCUT2D eigenvalue weighted by atomic mass is 16.5. The molecule has 21 heavy (non-hydrogen) atoms. The summed E-state index contributed by atoms with van der Waals surface area (Å²) in [7, 11) is 2.63. The smallest absolute Gasteiger partial charge is 0.309 e. The van der Waals surface area contributed by atoms with Crippen molar-refractivity contribution in [2.24, 2.45) is 11.8 Å². The number of hydrogen-bond donors (Lipinski definition) is 0. The molecule has 0 saturated heterocycles. The van der Waals surface area contributed by atoms with Gasteiger partial charge in [-0.3, -0.25) is 14.4 Å². The summed E-state index contributed by atoms with van der Waals surface area (Å²) in [6.45, 7) is 2.85. The molecule has 0 aromatic carbocycles. The lowest BCUT2D eigenvalue weighted by molar-refractivity contribution is -0.154. The van der Waals surface area contributed by atoms with Crippen LogP contribution in [0.4, 0.5) is 0 Å². The lowest BCUT2D eigenvalue weighted by Gasteiger charge is -2.20. The summed E-state index contributed by atoms with van der Waals surface area (Å²) in [4.78, 5) is 33.0. The van der Waals surface area contributed by atoms with Crippen LogP contribution in [0, 0.1) is 11.8 Å². The number of rotatable bonds is 12. The van der Waals surface area contributed by atoms with Crippen LogP contribution < -0.4 is 0 Å². The Kier molecular flexibility index (Phi) is 11.3. The highest BCUT2D eigenvalue weighted by Gasteiger charge is 2.28. The number of unbranched alkanes of at least 4 members (excludes halogenated alkanes) is 3. The van der Waals surface area contributed by atoms with Gasteiger partial charge in [0.1, 0.15) is 0 Å². The van der Waals surface area contributed by atoms with Crippen LogP contribution >= 0.6 is 0 Å². The molecule has 0 aliphatic rings. The predicted molar refractivity (Wildman–Crippen MR) is 76.4 cm³/mol. The molecule has 6 heteroatoms. The van der Waals surface area contributed by atoms with E-state index in [0.717, 1.165) is 32.1 Å². The maximum absolute atomic E-state index is 11.7. The molecule has 0 spiro atoms. The second-order valence-corrected chi connectivity index (χ2v) is 5.06. The molecule has 0 N–H and O–H groups in total. The molecule has 2 atom stereocenters. The topological polar surface area (TPSA) is 78.9 Å². The zero-order chi connectivity index (χ0) is 16.1. The van der Waals surface area contributed by atoms with Gasteiger partial charge in [0, 0.05) is 0 Å². The number of methoxy groups -OCH3 is 2. The van der Waals surface area contributed by atoms with Crippen LogP contribution in [-0.4, -0.2) is 39.2 Å². The van der Waals surface area contributed by atoms with Crippen LogP contribution in [0.5, 0.6) is 0 Å². The van der Waals surface area contributed by atoms with Gasteiger partial charge < -0.3 is 14.2 Å². The van der Waals surface area contributed by atoms with E-state index in [-0.39, 0.29) is 18.3 Å². The molecule has 0 aliphatic heterocycles. The predicted octanol–water partition coefficient (Wildman–Crippen LogP) is 2.10. The van der Waals surface area contributed by atoms with E-state index in [1.807, 2.05) is 6.92 Å². The van der Waals surface area contributed by atoms with E-state index in [4.69, 9.17) is 4.74 Å². The maximum Gasteiger partial charge on any atom is 0.309 e. The van der Waals surface area contributed by atoms with Gasteiger partial charge in [-0.1, -0.05) is 26.2 Å². The van der Waals surface area contributed by atoms with Gasteiger partial charge in [0.15, 0.2) is 0 Å². The molecule has 0 aliphatic carbocycles. The molecule has 6 nitrogen and oxygen atoms in total. The summed E-state index contributed by atoms with van der Waals surface area (Å²) in [5.74, 6) is -1.17. The Balaban J connectivity index is 4.05. The minimum absolute atomic E-state index is 0.0531. The summed E-state index contributed by atoms with van der Waals surface area (Å²) in [6, 6.07) is 0. The minimum Gasteiger partial charge on any atom is -0.469 e. The van der Waals surface area contributed by atoms with E-state index in [1.165, 1.54) is 14.2 Å². The van der Waals surface area contributed by atoms with Gasteiger partial charge in [0.2, 0.25) is 0 Å². The standard InChI is InChI=1S/C15H26O6/c1-12(8-6-4-5-7-9-21-11-16)13(15(18)20-3)10-14(17)19-2/h11-13H,4-10H2,1-3H3. The molecular weight excluding hydrogens is 276 g/mol. The Morgan fingerprint density at radius 3 is 2.29 bits per heavy atom. The molecular formula is C15H26O6. The first kappa shape index (κ1) is 19.4. The number of hydrogen-bond acceptors (Lipinski definition) is 6. The summed E-state index contributed by atoms with van der Waals surface area (Å²) in [5, 5.41) is 0. The number of carbonyl (C=O) groups is 3. The van der Waals surface area contributed by atoms with Gasteiger partial charge >= 0.3 is 11.9 Å². The molecule has 2 unspecified atom stereocenters. The molecule has 122 valence electrons. The van der Waals surface area contributed by atoms with Crippen LogP contribution in [0.15, 0.2) is 0 Å². The van der Waals surface area contributed by atoms with Crippen LogP contribution in [0.3, 0.4) is 0 Å². The number of carbonyl (C=O) groups excluding carboxylic acids is 3. The molecule has 0 bridgehead atoms. The van der Waals surface area contributed by atoms with E-state index in [2.05, 4.69) is 9.47 Å². The van der Waals surface area contributed by atoms with Crippen LogP contribution in [0.25, 0.3) is 0 Å². The third-order valence-electron chi connectivity index (χ3n) is 3.54.